The molecular weight excluding hydrogens is 358 g/mol. The van der Waals surface area contributed by atoms with Gasteiger partial charge in [-0.1, -0.05) is 18.1 Å². The molecule has 2 heterocycles. The van der Waals surface area contributed by atoms with Gasteiger partial charge < -0.3 is 9.84 Å². The topological polar surface area (TPSA) is 48.8 Å². The molecule has 0 unspecified atom stereocenters. The first-order valence-corrected chi connectivity index (χ1v) is 10.0. The second kappa shape index (κ2) is 8.85. The molecule has 27 heavy (non-hydrogen) atoms. The smallest absolute Gasteiger partial charge is 0.118 e. The van der Waals surface area contributed by atoms with Gasteiger partial charge in [0.25, 0.3) is 0 Å². The molecule has 0 atom stereocenters. The summed E-state index contributed by atoms with van der Waals surface area (Å²) < 4.78 is 5.21. The van der Waals surface area contributed by atoms with Crippen molar-refractivity contribution in [2.24, 2.45) is 0 Å². The third kappa shape index (κ3) is 5.08. The quantitative estimate of drug-likeness (QED) is 0.743. The van der Waals surface area contributed by atoms with Crippen LogP contribution >= 0.6 is 11.3 Å². The third-order valence-electron chi connectivity index (χ3n) is 5.04. The lowest BCUT2D eigenvalue weighted by molar-refractivity contribution is -0.0307. The lowest BCUT2D eigenvalue weighted by Gasteiger charge is -2.37. The average Bonchev–Trinajstić information content (AvgIpc) is 3.14. The fourth-order valence-corrected chi connectivity index (χ4v) is 4.33. The first-order valence-electron chi connectivity index (χ1n) is 9.17. The molecule has 144 valence electrons. The van der Waals surface area contributed by atoms with Gasteiger partial charge in [0, 0.05) is 25.0 Å². The van der Waals surface area contributed by atoms with E-state index in [1.165, 1.54) is 5.56 Å². The second-order valence-electron chi connectivity index (χ2n) is 7.16. The van der Waals surface area contributed by atoms with Gasteiger partial charge >= 0.3 is 0 Å². The summed E-state index contributed by atoms with van der Waals surface area (Å²) in [5, 5.41) is 14.1. The molecule has 3 rings (SSSR count). The molecule has 0 bridgehead atoms. The summed E-state index contributed by atoms with van der Waals surface area (Å²) in [6.07, 6.45) is 6.75. The van der Waals surface area contributed by atoms with Crippen molar-refractivity contribution in [3.63, 3.8) is 0 Å². The number of hydrogen-bond acceptors (Lipinski definition) is 6. The van der Waals surface area contributed by atoms with Crippen molar-refractivity contribution in [2.75, 3.05) is 33.8 Å². The van der Waals surface area contributed by atoms with Crippen molar-refractivity contribution in [2.45, 2.75) is 31.5 Å². The molecule has 0 radical (unpaired) electrons. The minimum absolute atomic E-state index is 0.597. The predicted molar refractivity (Wildman–Crippen MR) is 109 cm³/mol. The highest BCUT2D eigenvalue weighted by molar-refractivity contribution is 7.09. The van der Waals surface area contributed by atoms with Crippen molar-refractivity contribution in [1.82, 2.24) is 14.8 Å². The number of piperidine rings is 1. The van der Waals surface area contributed by atoms with Gasteiger partial charge in [-0.3, -0.25) is 9.80 Å². The van der Waals surface area contributed by atoms with Crippen molar-refractivity contribution < 1.29 is 9.84 Å². The van der Waals surface area contributed by atoms with Gasteiger partial charge in [-0.2, -0.15) is 0 Å². The summed E-state index contributed by atoms with van der Waals surface area (Å²) in [5.41, 5.74) is 1.24. The van der Waals surface area contributed by atoms with Crippen LogP contribution in [0.4, 0.5) is 0 Å². The van der Waals surface area contributed by atoms with E-state index < -0.39 is 5.60 Å². The highest BCUT2D eigenvalue weighted by Gasteiger charge is 2.36. The van der Waals surface area contributed by atoms with Crippen LogP contribution in [0.3, 0.4) is 0 Å². The van der Waals surface area contributed by atoms with Crippen molar-refractivity contribution >= 4 is 11.3 Å². The number of rotatable bonds is 7. The van der Waals surface area contributed by atoms with Gasteiger partial charge in [0.05, 0.1) is 25.9 Å². The van der Waals surface area contributed by atoms with E-state index in [1.807, 2.05) is 29.5 Å². The molecule has 0 spiro atoms. The molecule has 0 aliphatic carbocycles. The van der Waals surface area contributed by atoms with Crippen LogP contribution in [0.15, 0.2) is 29.6 Å². The second-order valence-corrected chi connectivity index (χ2v) is 8.10. The number of methoxy groups -OCH3 is 1. The Labute approximate surface area is 165 Å². The van der Waals surface area contributed by atoms with Crippen LogP contribution in [0.1, 0.15) is 29.1 Å². The van der Waals surface area contributed by atoms with Gasteiger partial charge in [-0.15, -0.1) is 17.8 Å². The monoisotopic (exact) mass is 385 g/mol. The van der Waals surface area contributed by atoms with E-state index in [4.69, 9.17) is 11.2 Å². The zero-order valence-corrected chi connectivity index (χ0v) is 16.8. The maximum Gasteiger partial charge on any atom is 0.118 e. The van der Waals surface area contributed by atoms with Gasteiger partial charge in [-0.25, -0.2) is 4.98 Å². The van der Waals surface area contributed by atoms with Gasteiger partial charge in [-0.05, 0) is 37.6 Å². The number of aliphatic hydroxyl groups is 1. The minimum atomic E-state index is -0.824. The number of aromatic nitrogens is 1. The lowest BCUT2D eigenvalue weighted by Crippen LogP contribution is -2.42. The van der Waals surface area contributed by atoms with Crippen LogP contribution in [0, 0.1) is 12.3 Å². The maximum atomic E-state index is 11.1. The van der Waals surface area contributed by atoms with Crippen LogP contribution in [-0.4, -0.2) is 53.7 Å². The Morgan fingerprint density at radius 1 is 1.33 bits per heavy atom. The summed E-state index contributed by atoms with van der Waals surface area (Å²) in [5.74, 6) is 3.51. The number of hydrogen-bond donors (Lipinski definition) is 1. The predicted octanol–water partition coefficient (Wildman–Crippen LogP) is 2.70. The van der Waals surface area contributed by atoms with Crippen LogP contribution in [-0.2, 0) is 18.7 Å². The fourth-order valence-electron chi connectivity index (χ4n) is 3.37. The fraction of sp³-hybridized carbons (Fsp3) is 0.476. The molecule has 1 fully saturated rings. The molecule has 0 saturated carbocycles. The zero-order chi connectivity index (χ0) is 19.3. The van der Waals surface area contributed by atoms with E-state index in [1.54, 1.807) is 18.4 Å². The van der Waals surface area contributed by atoms with Crippen LogP contribution in [0.5, 0.6) is 5.75 Å². The van der Waals surface area contributed by atoms with E-state index in [2.05, 4.69) is 27.9 Å². The summed E-state index contributed by atoms with van der Waals surface area (Å²) in [7, 11) is 3.66. The largest absolute Gasteiger partial charge is 0.497 e. The van der Waals surface area contributed by atoms with E-state index in [0.717, 1.165) is 36.1 Å². The molecule has 6 heteroatoms. The Morgan fingerprint density at radius 3 is 2.67 bits per heavy atom. The average molecular weight is 386 g/mol. The Hall–Kier alpha value is -1.91. The number of thiazole rings is 1. The van der Waals surface area contributed by atoms with E-state index >= 15 is 0 Å². The summed E-state index contributed by atoms with van der Waals surface area (Å²) in [4.78, 5) is 9.11. The molecule has 0 amide bonds. The van der Waals surface area contributed by atoms with E-state index in [9.17, 15) is 5.11 Å². The molecule has 1 aromatic heterocycles. The Kier molecular flexibility index (Phi) is 6.51. The van der Waals surface area contributed by atoms with Gasteiger partial charge in [0.1, 0.15) is 16.4 Å². The number of ether oxygens (including phenoxy) is 1. The maximum absolute atomic E-state index is 11.1. The van der Waals surface area contributed by atoms with Crippen molar-refractivity contribution in [1.29, 1.82) is 0 Å². The minimum Gasteiger partial charge on any atom is -0.497 e. The van der Waals surface area contributed by atoms with Crippen LogP contribution in [0.2, 0.25) is 0 Å². The molecule has 1 aromatic carbocycles. The molecule has 1 N–H and O–H groups in total. The lowest BCUT2D eigenvalue weighted by atomic mass is 9.88. The van der Waals surface area contributed by atoms with E-state index in [-0.39, 0.29) is 0 Å². The van der Waals surface area contributed by atoms with E-state index in [0.29, 0.717) is 25.9 Å². The van der Waals surface area contributed by atoms with Crippen molar-refractivity contribution in [3.05, 3.63) is 45.9 Å². The summed E-state index contributed by atoms with van der Waals surface area (Å²) >= 11 is 1.60. The highest BCUT2D eigenvalue weighted by Crippen LogP contribution is 2.34. The first-order chi connectivity index (χ1) is 13.0. The normalized spacial score (nSPS) is 17.0. The summed E-state index contributed by atoms with van der Waals surface area (Å²) in [6, 6.07) is 8.17. The molecule has 2 aromatic rings. The molecule has 5 nitrogen and oxygen atoms in total. The number of benzene rings is 1. The number of likely N-dealkylation sites (tertiary alicyclic amines) is 1. The van der Waals surface area contributed by atoms with Gasteiger partial charge in [0.2, 0.25) is 0 Å². The highest BCUT2D eigenvalue weighted by atomic mass is 32.1. The van der Waals surface area contributed by atoms with Crippen LogP contribution in [0.25, 0.3) is 0 Å². The van der Waals surface area contributed by atoms with Crippen molar-refractivity contribution in [3.8, 4) is 18.1 Å². The molecular formula is C21H27N3O2S. The zero-order valence-electron chi connectivity index (χ0n) is 16.0. The van der Waals surface area contributed by atoms with Crippen LogP contribution < -0.4 is 4.74 Å². The Bertz CT molecular complexity index is 773. The number of terminal acetylenes is 1. The number of nitrogens with zero attached hydrogens (tertiary/aromatic N) is 3. The third-order valence-corrected chi connectivity index (χ3v) is 5.88. The SMILES string of the molecule is C#CCN(C)Cc1nc(C2(O)CCN(Cc3ccc(OC)cc3)CC2)cs1. The first kappa shape index (κ1) is 19.8. The Balaban J connectivity index is 1.55. The molecule has 1 aliphatic heterocycles. The molecule has 1 saturated heterocycles. The molecule has 1 aliphatic rings. The Morgan fingerprint density at radius 2 is 2.04 bits per heavy atom. The van der Waals surface area contributed by atoms with Gasteiger partial charge in [0.15, 0.2) is 0 Å². The summed E-state index contributed by atoms with van der Waals surface area (Å²) in [6.45, 7) is 3.91. The standard InChI is InChI=1S/C21H27N3O2S/c1-4-11-23(2)15-20-22-19(16-27-20)21(25)9-12-24(13-10-21)14-17-5-7-18(26-3)8-6-17/h1,5-8,16,25H,9-15H2,2-3H3.